The summed E-state index contributed by atoms with van der Waals surface area (Å²) in [6.07, 6.45) is 1.90. The highest BCUT2D eigenvalue weighted by molar-refractivity contribution is 7.99. The van der Waals surface area contributed by atoms with Gasteiger partial charge in [-0.2, -0.15) is 11.8 Å². The fraction of sp³-hybridized carbons (Fsp3) is 0.800. The predicted octanol–water partition coefficient (Wildman–Crippen LogP) is 1.50. The number of nitrogens with one attached hydrogen (secondary N) is 1. The first kappa shape index (κ1) is 14.3. The van der Waals surface area contributed by atoms with Gasteiger partial charge in [0.2, 0.25) is 5.91 Å². The largest absolute Gasteiger partial charge is 0.480 e. The molecule has 0 saturated heterocycles. The molecule has 0 aliphatic rings. The molecule has 5 heteroatoms. The Bertz CT molecular complexity index is 209. The lowest BCUT2D eigenvalue weighted by Crippen LogP contribution is -2.40. The molecule has 0 aromatic carbocycles. The molecule has 0 radical (unpaired) electrons. The van der Waals surface area contributed by atoms with Crippen LogP contribution in [0.1, 0.15) is 33.1 Å². The molecule has 0 aromatic heterocycles. The van der Waals surface area contributed by atoms with Gasteiger partial charge in [0, 0.05) is 6.42 Å². The third-order valence-corrected chi connectivity index (χ3v) is 3.08. The molecule has 0 rings (SSSR count). The molecule has 88 valence electrons. The zero-order valence-electron chi connectivity index (χ0n) is 9.28. The molecule has 0 bridgehead atoms. The molecule has 0 fully saturated rings. The fourth-order valence-corrected chi connectivity index (χ4v) is 1.90. The van der Waals surface area contributed by atoms with Crippen LogP contribution in [0.2, 0.25) is 0 Å². The van der Waals surface area contributed by atoms with Gasteiger partial charge in [0.25, 0.3) is 0 Å². The summed E-state index contributed by atoms with van der Waals surface area (Å²) in [6, 6.07) is -0.734. The molecule has 2 N–H and O–H groups in total. The van der Waals surface area contributed by atoms with E-state index in [9.17, 15) is 9.59 Å². The first-order valence-electron chi connectivity index (χ1n) is 5.21. The van der Waals surface area contributed by atoms with Crippen molar-refractivity contribution in [3.05, 3.63) is 0 Å². The van der Waals surface area contributed by atoms with Gasteiger partial charge >= 0.3 is 5.97 Å². The van der Waals surface area contributed by atoms with Gasteiger partial charge in [0.1, 0.15) is 6.04 Å². The first-order valence-corrected chi connectivity index (χ1v) is 6.37. The SMILES string of the molecule is CCCSCCC(NC(=O)CC)C(=O)O. The summed E-state index contributed by atoms with van der Waals surface area (Å²) in [5.74, 6) is 0.653. The number of aliphatic carboxylic acids is 1. The lowest BCUT2D eigenvalue weighted by molar-refractivity contribution is -0.141. The average Bonchev–Trinajstić information content (AvgIpc) is 2.21. The average molecular weight is 233 g/mol. The Morgan fingerprint density at radius 1 is 1.33 bits per heavy atom. The van der Waals surface area contributed by atoms with E-state index in [2.05, 4.69) is 12.2 Å². The number of carbonyl (C=O) groups excluding carboxylic acids is 1. The van der Waals surface area contributed by atoms with Crippen molar-refractivity contribution in [1.29, 1.82) is 0 Å². The summed E-state index contributed by atoms with van der Waals surface area (Å²) in [6.45, 7) is 3.79. The molecule has 1 amide bonds. The van der Waals surface area contributed by atoms with E-state index in [0.29, 0.717) is 12.8 Å². The van der Waals surface area contributed by atoms with Crippen molar-refractivity contribution >= 4 is 23.6 Å². The molecule has 0 saturated carbocycles. The predicted molar refractivity (Wildman–Crippen MR) is 62.1 cm³/mol. The van der Waals surface area contributed by atoms with E-state index < -0.39 is 12.0 Å². The zero-order valence-corrected chi connectivity index (χ0v) is 10.1. The number of rotatable bonds is 8. The molecular formula is C10H19NO3S. The summed E-state index contributed by atoms with van der Waals surface area (Å²) < 4.78 is 0. The van der Waals surface area contributed by atoms with Crippen molar-refractivity contribution in [2.45, 2.75) is 39.2 Å². The van der Waals surface area contributed by atoms with Crippen LogP contribution in [0.3, 0.4) is 0 Å². The third kappa shape index (κ3) is 7.25. The van der Waals surface area contributed by atoms with Crippen LogP contribution in [-0.2, 0) is 9.59 Å². The highest BCUT2D eigenvalue weighted by Crippen LogP contribution is 2.06. The van der Waals surface area contributed by atoms with E-state index in [4.69, 9.17) is 5.11 Å². The number of carboxylic acid groups (broad SMARTS) is 1. The zero-order chi connectivity index (χ0) is 11.7. The van der Waals surface area contributed by atoms with Crippen LogP contribution in [0.25, 0.3) is 0 Å². The van der Waals surface area contributed by atoms with Crippen LogP contribution in [0.4, 0.5) is 0 Å². The Balaban J connectivity index is 3.84. The van der Waals surface area contributed by atoms with Crippen molar-refractivity contribution < 1.29 is 14.7 Å². The molecule has 0 aliphatic heterocycles. The maximum absolute atomic E-state index is 11.0. The minimum atomic E-state index is -0.950. The van der Waals surface area contributed by atoms with Gasteiger partial charge in [-0.15, -0.1) is 0 Å². The van der Waals surface area contributed by atoms with Crippen LogP contribution in [-0.4, -0.2) is 34.5 Å². The highest BCUT2D eigenvalue weighted by atomic mass is 32.2. The number of hydrogen-bond donors (Lipinski definition) is 2. The Hall–Kier alpha value is -0.710. The van der Waals surface area contributed by atoms with E-state index in [-0.39, 0.29) is 5.91 Å². The lowest BCUT2D eigenvalue weighted by Gasteiger charge is -2.13. The van der Waals surface area contributed by atoms with Crippen LogP contribution in [0.5, 0.6) is 0 Å². The summed E-state index contributed by atoms with van der Waals surface area (Å²) in [4.78, 5) is 21.8. The minimum Gasteiger partial charge on any atom is -0.480 e. The maximum Gasteiger partial charge on any atom is 0.326 e. The van der Waals surface area contributed by atoms with Gasteiger partial charge in [-0.3, -0.25) is 4.79 Å². The highest BCUT2D eigenvalue weighted by Gasteiger charge is 2.18. The number of carboxylic acids is 1. The minimum absolute atomic E-state index is 0.206. The van der Waals surface area contributed by atoms with Crippen molar-refractivity contribution in [1.82, 2.24) is 5.32 Å². The summed E-state index contributed by atoms with van der Waals surface area (Å²) in [5.41, 5.74) is 0. The van der Waals surface area contributed by atoms with E-state index in [1.165, 1.54) is 0 Å². The maximum atomic E-state index is 11.0. The van der Waals surface area contributed by atoms with E-state index >= 15 is 0 Å². The number of hydrogen-bond acceptors (Lipinski definition) is 3. The Morgan fingerprint density at radius 2 is 2.00 bits per heavy atom. The Morgan fingerprint density at radius 3 is 2.47 bits per heavy atom. The van der Waals surface area contributed by atoms with Gasteiger partial charge in [-0.25, -0.2) is 4.79 Å². The lowest BCUT2D eigenvalue weighted by atomic mass is 10.2. The van der Waals surface area contributed by atoms with E-state index in [1.807, 2.05) is 0 Å². The second-order valence-electron chi connectivity index (χ2n) is 3.21. The van der Waals surface area contributed by atoms with Gasteiger partial charge in [-0.05, 0) is 24.3 Å². The Kier molecular flexibility index (Phi) is 8.18. The number of amides is 1. The Labute approximate surface area is 94.8 Å². The fourth-order valence-electron chi connectivity index (χ4n) is 1.00. The number of thioether (sulfide) groups is 1. The molecule has 1 atom stereocenters. The smallest absolute Gasteiger partial charge is 0.326 e. The second kappa shape index (κ2) is 8.59. The normalized spacial score (nSPS) is 12.1. The quantitative estimate of drug-likeness (QED) is 0.623. The topological polar surface area (TPSA) is 66.4 Å². The van der Waals surface area contributed by atoms with Gasteiger partial charge < -0.3 is 10.4 Å². The van der Waals surface area contributed by atoms with Gasteiger partial charge in [0.05, 0.1) is 0 Å². The van der Waals surface area contributed by atoms with Crippen molar-refractivity contribution in [2.75, 3.05) is 11.5 Å². The molecule has 0 aromatic rings. The molecular weight excluding hydrogens is 214 g/mol. The molecule has 0 heterocycles. The molecule has 15 heavy (non-hydrogen) atoms. The van der Waals surface area contributed by atoms with Crippen molar-refractivity contribution in [2.24, 2.45) is 0 Å². The van der Waals surface area contributed by atoms with Crippen LogP contribution in [0.15, 0.2) is 0 Å². The molecule has 1 unspecified atom stereocenters. The van der Waals surface area contributed by atoms with E-state index in [0.717, 1.165) is 17.9 Å². The standard InChI is InChI=1S/C10H19NO3S/c1-3-6-15-7-5-8(10(13)14)11-9(12)4-2/h8H,3-7H2,1-2H3,(H,11,12)(H,13,14). The third-order valence-electron chi connectivity index (χ3n) is 1.85. The van der Waals surface area contributed by atoms with Gasteiger partial charge in [0.15, 0.2) is 0 Å². The summed E-state index contributed by atoms with van der Waals surface area (Å²) in [5, 5.41) is 11.3. The molecule has 0 spiro atoms. The summed E-state index contributed by atoms with van der Waals surface area (Å²) >= 11 is 1.72. The van der Waals surface area contributed by atoms with Crippen LogP contribution in [0, 0.1) is 0 Å². The number of carbonyl (C=O) groups is 2. The van der Waals surface area contributed by atoms with E-state index in [1.54, 1.807) is 18.7 Å². The molecule has 4 nitrogen and oxygen atoms in total. The summed E-state index contributed by atoms with van der Waals surface area (Å²) in [7, 11) is 0. The van der Waals surface area contributed by atoms with Gasteiger partial charge in [-0.1, -0.05) is 13.8 Å². The molecule has 0 aliphatic carbocycles. The monoisotopic (exact) mass is 233 g/mol. The first-order chi connectivity index (χ1) is 7.11. The van der Waals surface area contributed by atoms with Crippen LogP contribution < -0.4 is 5.32 Å². The van der Waals surface area contributed by atoms with Crippen molar-refractivity contribution in [3.8, 4) is 0 Å². The van der Waals surface area contributed by atoms with Crippen molar-refractivity contribution in [3.63, 3.8) is 0 Å². The van der Waals surface area contributed by atoms with Crippen LogP contribution >= 0.6 is 11.8 Å². The second-order valence-corrected chi connectivity index (χ2v) is 4.44.